The van der Waals surface area contributed by atoms with E-state index in [1.54, 1.807) is 24.0 Å². The maximum atomic E-state index is 11.7. The van der Waals surface area contributed by atoms with Crippen LogP contribution >= 0.6 is 0 Å². The molecule has 28 heavy (non-hydrogen) atoms. The van der Waals surface area contributed by atoms with Crippen molar-refractivity contribution in [2.45, 2.75) is 26.2 Å². The van der Waals surface area contributed by atoms with Crippen molar-refractivity contribution in [3.8, 4) is 11.4 Å². The molecule has 1 fully saturated rings. The van der Waals surface area contributed by atoms with Crippen molar-refractivity contribution in [3.05, 3.63) is 48.0 Å². The van der Waals surface area contributed by atoms with Crippen molar-refractivity contribution in [3.63, 3.8) is 0 Å². The SMILES string of the molecule is CC(=O)N1CCC(c2cc(Nc3cc(C)ccn3)nc(-c3cnn(C)c3)n2)C1. The third kappa shape index (κ3) is 3.85. The van der Waals surface area contributed by atoms with Crippen LogP contribution in [0.3, 0.4) is 0 Å². The van der Waals surface area contributed by atoms with Crippen LogP contribution in [-0.4, -0.2) is 48.6 Å². The van der Waals surface area contributed by atoms with Gasteiger partial charge in [-0.05, 0) is 31.0 Å². The number of aryl methyl sites for hydroxylation is 2. The Morgan fingerprint density at radius 1 is 1.25 bits per heavy atom. The summed E-state index contributed by atoms with van der Waals surface area (Å²) in [6.45, 7) is 5.07. The van der Waals surface area contributed by atoms with E-state index in [0.29, 0.717) is 18.2 Å². The standard InChI is InChI=1S/C20H23N7O/c1-13-4-6-21-18(8-13)24-19-9-17(15-5-7-27(12-15)14(2)28)23-20(25-19)16-10-22-26(3)11-16/h4,6,8-11,15H,5,7,12H2,1-3H3,(H,21,23,24,25). The molecule has 1 N–H and O–H groups in total. The van der Waals surface area contributed by atoms with Gasteiger partial charge in [-0.2, -0.15) is 5.10 Å². The summed E-state index contributed by atoms with van der Waals surface area (Å²) in [7, 11) is 1.87. The second kappa shape index (κ2) is 7.38. The Bertz CT molecular complexity index is 1010. The van der Waals surface area contributed by atoms with Gasteiger partial charge in [0.15, 0.2) is 5.82 Å². The lowest BCUT2D eigenvalue weighted by molar-refractivity contribution is -0.127. The summed E-state index contributed by atoms with van der Waals surface area (Å²) in [5, 5.41) is 7.52. The number of nitrogens with one attached hydrogen (secondary N) is 1. The maximum absolute atomic E-state index is 11.7. The Labute approximate surface area is 163 Å². The summed E-state index contributed by atoms with van der Waals surface area (Å²) in [6, 6.07) is 5.88. The molecule has 0 spiro atoms. The average molecular weight is 377 g/mol. The minimum atomic E-state index is 0.103. The molecule has 3 aromatic heterocycles. The third-order valence-electron chi connectivity index (χ3n) is 4.93. The van der Waals surface area contributed by atoms with Crippen molar-refractivity contribution >= 4 is 17.5 Å². The lowest BCUT2D eigenvalue weighted by Crippen LogP contribution is -2.25. The molecule has 144 valence electrons. The smallest absolute Gasteiger partial charge is 0.219 e. The first-order chi connectivity index (χ1) is 13.5. The molecule has 1 unspecified atom stereocenters. The zero-order valence-corrected chi connectivity index (χ0v) is 16.3. The highest BCUT2D eigenvalue weighted by atomic mass is 16.2. The lowest BCUT2D eigenvalue weighted by atomic mass is 10.0. The number of hydrogen-bond acceptors (Lipinski definition) is 6. The van der Waals surface area contributed by atoms with Gasteiger partial charge < -0.3 is 10.2 Å². The van der Waals surface area contributed by atoms with Gasteiger partial charge in [-0.1, -0.05) is 0 Å². The molecule has 0 saturated carbocycles. The molecule has 8 heteroatoms. The second-order valence-electron chi connectivity index (χ2n) is 7.20. The Kier molecular flexibility index (Phi) is 4.77. The van der Waals surface area contributed by atoms with E-state index in [4.69, 9.17) is 4.98 Å². The number of pyridine rings is 1. The monoisotopic (exact) mass is 377 g/mol. The van der Waals surface area contributed by atoms with Crippen molar-refractivity contribution in [2.24, 2.45) is 7.05 Å². The summed E-state index contributed by atoms with van der Waals surface area (Å²) in [6.07, 6.45) is 6.31. The summed E-state index contributed by atoms with van der Waals surface area (Å²) < 4.78 is 1.73. The first kappa shape index (κ1) is 18.1. The molecule has 4 heterocycles. The minimum Gasteiger partial charge on any atom is -0.342 e. The number of carbonyl (C=O) groups is 1. The topological polar surface area (TPSA) is 88.8 Å². The highest BCUT2D eigenvalue weighted by Crippen LogP contribution is 2.29. The zero-order valence-electron chi connectivity index (χ0n) is 16.3. The van der Waals surface area contributed by atoms with Crippen LogP contribution in [0.1, 0.15) is 30.5 Å². The predicted molar refractivity (Wildman–Crippen MR) is 106 cm³/mol. The molecule has 0 radical (unpaired) electrons. The number of amides is 1. The fraction of sp³-hybridized carbons (Fsp3) is 0.350. The second-order valence-corrected chi connectivity index (χ2v) is 7.20. The molecular weight excluding hydrogens is 354 g/mol. The Balaban J connectivity index is 1.70. The number of aromatic nitrogens is 5. The van der Waals surface area contributed by atoms with Crippen LogP contribution < -0.4 is 5.32 Å². The van der Waals surface area contributed by atoms with E-state index in [2.05, 4.69) is 20.4 Å². The summed E-state index contributed by atoms with van der Waals surface area (Å²) >= 11 is 0. The van der Waals surface area contributed by atoms with Crippen LogP contribution in [-0.2, 0) is 11.8 Å². The number of hydrogen-bond donors (Lipinski definition) is 1. The first-order valence-electron chi connectivity index (χ1n) is 9.31. The van der Waals surface area contributed by atoms with E-state index in [-0.39, 0.29) is 11.8 Å². The minimum absolute atomic E-state index is 0.103. The molecule has 4 rings (SSSR count). The van der Waals surface area contributed by atoms with Crippen LogP contribution in [0.15, 0.2) is 36.8 Å². The van der Waals surface area contributed by atoms with Gasteiger partial charge in [-0.3, -0.25) is 9.48 Å². The van der Waals surface area contributed by atoms with Gasteiger partial charge in [-0.15, -0.1) is 0 Å². The highest BCUT2D eigenvalue weighted by Gasteiger charge is 2.27. The third-order valence-corrected chi connectivity index (χ3v) is 4.93. The van der Waals surface area contributed by atoms with E-state index in [1.165, 1.54) is 0 Å². The molecule has 1 saturated heterocycles. The maximum Gasteiger partial charge on any atom is 0.219 e. The molecule has 1 aliphatic heterocycles. The average Bonchev–Trinajstić information content (AvgIpc) is 3.31. The molecule has 0 bridgehead atoms. The van der Waals surface area contributed by atoms with Gasteiger partial charge in [0.1, 0.15) is 11.6 Å². The lowest BCUT2D eigenvalue weighted by Gasteiger charge is -2.15. The van der Waals surface area contributed by atoms with E-state index in [1.807, 2.05) is 43.3 Å². The fourth-order valence-electron chi connectivity index (χ4n) is 3.43. The van der Waals surface area contributed by atoms with E-state index in [9.17, 15) is 4.79 Å². The number of nitrogens with zero attached hydrogens (tertiary/aromatic N) is 6. The van der Waals surface area contributed by atoms with Crippen LogP contribution in [0.2, 0.25) is 0 Å². The summed E-state index contributed by atoms with van der Waals surface area (Å²) in [5.41, 5.74) is 2.89. The van der Waals surface area contributed by atoms with Gasteiger partial charge in [0, 0.05) is 51.4 Å². The van der Waals surface area contributed by atoms with Gasteiger partial charge in [0.05, 0.1) is 17.5 Å². The van der Waals surface area contributed by atoms with Crippen LogP contribution in [0.5, 0.6) is 0 Å². The van der Waals surface area contributed by atoms with Crippen LogP contribution in [0, 0.1) is 6.92 Å². The van der Waals surface area contributed by atoms with Crippen molar-refractivity contribution in [2.75, 3.05) is 18.4 Å². The summed E-state index contributed by atoms with van der Waals surface area (Å²) in [4.78, 5) is 27.4. The number of anilines is 2. The Morgan fingerprint density at radius 2 is 2.11 bits per heavy atom. The molecule has 0 aromatic carbocycles. The zero-order chi connectivity index (χ0) is 19.7. The number of carbonyl (C=O) groups excluding carboxylic acids is 1. The number of likely N-dealkylation sites (tertiary alicyclic amines) is 1. The van der Waals surface area contributed by atoms with Gasteiger partial charge in [-0.25, -0.2) is 15.0 Å². The quantitative estimate of drug-likeness (QED) is 0.752. The van der Waals surface area contributed by atoms with Crippen molar-refractivity contribution < 1.29 is 4.79 Å². The Hall–Kier alpha value is -3.29. The molecule has 1 aliphatic rings. The van der Waals surface area contributed by atoms with Gasteiger partial charge in [0.2, 0.25) is 5.91 Å². The normalized spacial score (nSPS) is 16.4. The molecule has 8 nitrogen and oxygen atoms in total. The van der Waals surface area contributed by atoms with Gasteiger partial charge >= 0.3 is 0 Å². The van der Waals surface area contributed by atoms with E-state index < -0.39 is 0 Å². The summed E-state index contributed by atoms with van der Waals surface area (Å²) in [5.74, 6) is 2.32. The number of rotatable bonds is 4. The highest BCUT2D eigenvalue weighted by molar-refractivity contribution is 5.73. The molecule has 1 atom stereocenters. The fourth-order valence-corrected chi connectivity index (χ4v) is 3.43. The molecular formula is C20H23N7O. The Morgan fingerprint density at radius 3 is 2.79 bits per heavy atom. The molecule has 3 aromatic rings. The van der Waals surface area contributed by atoms with E-state index in [0.717, 1.165) is 35.6 Å². The van der Waals surface area contributed by atoms with Crippen LogP contribution in [0.4, 0.5) is 11.6 Å². The molecule has 0 aliphatic carbocycles. The van der Waals surface area contributed by atoms with Gasteiger partial charge in [0.25, 0.3) is 0 Å². The van der Waals surface area contributed by atoms with Crippen molar-refractivity contribution in [1.29, 1.82) is 0 Å². The predicted octanol–water partition coefficient (Wildman–Crippen LogP) is 2.66. The van der Waals surface area contributed by atoms with Crippen molar-refractivity contribution in [1.82, 2.24) is 29.6 Å². The van der Waals surface area contributed by atoms with Crippen LogP contribution in [0.25, 0.3) is 11.4 Å². The first-order valence-corrected chi connectivity index (χ1v) is 9.31. The van der Waals surface area contributed by atoms with E-state index >= 15 is 0 Å². The largest absolute Gasteiger partial charge is 0.342 e. The molecule has 1 amide bonds.